The van der Waals surface area contributed by atoms with Crippen LogP contribution in [-0.4, -0.2) is 16.5 Å². The quantitative estimate of drug-likeness (QED) is 0.659. The van der Waals surface area contributed by atoms with Gasteiger partial charge in [-0.25, -0.2) is 9.59 Å². The maximum atomic E-state index is 12.1. The number of aryl methyl sites for hydroxylation is 1. The molecule has 0 aliphatic carbocycles. The number of nitrogens with zero attached hydrogens (tertiary/aromatic N) is 1. The molecule has 0 unspecified atom stereocenters. The number of urea groups is 1. The summed E-state index contributed by atoms with van der Waals surface area (Å²) in [7, 11) is 0. The lowest BCUT2D eigenvalue weighted by Gasteiger charge is -2.08. The lowest BCUT2D eigenvalue weighted by molar-refractivity contribution is -0.116. The summed E-state index contributed by atoms with van der Waals surface area (Å²) in [6.45, 7) is 0.195. The summed E-state index contributed by atoms with van der Waals surface area (Å²) >= 11 is 0. The largest absolute Gasteiger partial charge is 0.419 e. The van der Waals surface area contributed by atoms with E-state index in [4.69, 9.17) is 10.2 Å². The second kappa shape index (κ2) is 6.91. The number of carbonyl (C=O) groups excluding carboxylic acids is 2. The van der Waals surface area contributed by atoms with E-state index in [1.807, 2.05) is 0 Å². The first kappa shape index (κ1) is 16.3. The standard InChI is InChI=1S/C17H16N4O4/c18-16(23)20-12-5-3-4-11(10-12)19-15(22)8-9-21-13-6-1-2-7-14(13)25-17(21)24/h1-7,10H,8-9H2,(H,19,22)(H3,18,20,23). The fourth-order valence-electron chi connectivity index (χ4n) is 2.48. The number of benzene rings is 2. The predicted octanol–water partition coefficient (Wildman–Crippen LogP) is 2.11. The van der Waals surface area contributed by atoms with Crippen LogP contribution in [0.4, 0.5) is 16.2 Å². The molecule has 8 nitrogen and oxygen atoms in total. The Labute approximate surface area is 142 Å². The number of amides is 3. The van der Waals surface area contributed by atoms with Crippen molar-refractivity contribution in [2.75, 3.05) is 10.6 Å². The minimum absolute atomic E-state index is 0.0942. The zero-order valence-corrected chi connectivity index (χ0v) is 13.2. The van der Waals surface area contributed by atoms with E-state index in [9.17, 15) is 14.4 Å². The van der Waals surface area contributed by atoms with Gasteiger partial charge in [0.1, 0.15) is 0 Å². The number of fused-ring (bicyclic) bond motifs is 1. The van der Waals surface area contributed by atoms with E-state index in [0.717, 1.165) is 0 Å². The van der Waals surface area contributed by atoms with E-state index < -0.39 is 11.8 Å². The average molecular weight is 340 g/mol. The van der Waals surface area contributed by atoms with Gasteiger partial charge in [-0.2, -0.15) is 0 Å². The monoisotopic (exact) mass is 340 g/mol. The van der Waals surface area contributed by atoms with Crippen LogP contribution in [0.25, 0.3) is 11.1 Å². The Morgan fingerprint density at radius 3 is 2.52 bits per heavy atom. The first-order valence-electron chi connectivity index (χ1n) is 7.58. The maximum absolute atomic E-state index is 12.1. The van der Waals surface area contributed by atoms with Crippen LogP contribution in [0.5, 0.6) is 0 Å². The highest BCUT2D eigenvalue weighted by molar-refractivity contribution is 5.93. The van der Waals surface area contributed by atoms with Crippen molar-refractivity contribution >= 4 is 34.4 Å². The lowest BCUT2D eigenvalue weighted by atomic mass is 10.2. The van der Waals surface area contributed by atoms with Crippen molar-refractivity contribution in [2.45, 2.75) is 13.0 Å². The molecule has 4 N–H and O–H groups in total. The summed E-state index contributed by atoms with van der Waals surface area (Å²) in [5.41, 5.74) is 7.18. The first-order valence-corrected chi connectivity index (χ1v) is 7.58. The molecule has 8 heteroatoms. The van der Waals surface area contributed by atoms with E-state index in [2.05, 4.69) is 10.6 Å². The fourth-order valence-corrected chi connectivity index (χ4v) is 2.48. The third-order valence-electron chi connectivity index (χ3n) is 3.55. The van der Waals surface area contributed by atoms with Gasteiger partial charge < -0.3 is 20.8 Å². The summed E-state index contributed by atoms with van der Waals surface area (Å²) in [4.78, 5) is 34.8. The van der Waals surface area contributed by atoms with Crippen LogP contribution in [0, 0.1) is 0 Å². The third kappa shape index (κ3) is 3.86. The molecular formula is C17H16N4O4. The number of aromatic nitrogens is 1. The van der Waals surface area contributed by atoms with Gasteiger partial charge in [0.15, 0.2) is 5.58 Å². The van der Waals surface area contributed by atoms with E-state index in [1.54, 1.807) is 48.5 Å². The van der Waals surface area contributed by atoms with Crippen molar-refractivity contribution in [3.8, 4) is 0 Å². The molecule has 25 heavy (non-hydrogen) atoms. The topological polar surface area (TPSA) is 119 Å². The molecule has 0 bridgehead atoms. The van der Waals surface area contributed by atoms with Crippen LogP contribution in [0.2, 0.25) is 0 Å². The van der Waals surface area contributed by atoms with Crippen LogP contribution < -0.4 is 22.1 Å². The van der Waals surface area contributed by atoms with Crippen molar-refractivity contribution in [3.05, 3.63) is 59.1 Å². The van der Waals surface area contributed by atoms with Gasteiger partial charge >= 0.3 is 11.8 Å². The maximum Gasteiger partial charge on any atom is 0.419 e. The summed E-state index contributed by atoms with van der Waals surface area (Å²) in [5, 5.41) is 5.14. The summed E-state index contributed by atoms with van der Waals surface area (Å²) in [6.07, 6.45) is 0.0942. The number of rotatable bonds is 5. The minimum Gasteiger partial charge on any atom is -0.408 e. The van der Waals surface area contributed by atoms with Crippen LogP contribution in [0.15, 0.2) is 57.7 Å². The number of oxazole rings is 1. The number of hydrogen-bond acceptors (Lipinski definition) is 4. The molecule has 3 aromatic rings. The molecule has 0 atom stereocenters. The van der Waals surface area contributed by atoms with E-state index in [0.29, 0.717) is 22.5 Å². The molecule has 0 saturated carbocycles. The second-order valence-electron chi connectivity index (χ2n) is 5.36. The van der Waals surface area contributed by atoms with Crippen LogP contribution in [0.1, 0.15) is 6.42 Å². The number of hydrogen-bond donors (Lipinski definition) is 3. The van der Waals surface area contributed by atoms with Gasteiger partial charge in [0.2, 0.25) is 5.91 Å². The summed E-state index contributed by atoms with van der Waals surface area (Å²) in [5.74, 6) is -0.768. The van der Waals surface area contributed by atoms with Gasteiger partial charge in [-0.15, -0.1) is 0 Å². The van der Waals surface area contributed by atoms with Gasteiger partial charge in [0.05, 0.1) is 5.52 Å². The highest BCUT2D eigenvalue weighted by atomic mass is 16.4. The molecule has 3 amide bonds. The lowest BCUT2D eigenvalue weighted by Crippen LogP contribution is -2.20. The number of anilines is 2. The van der Waals surface area contributed by atoms with Crippen molar-refractivity contribution in [3.63, 3.8) is 0 Å². The Balaban J connectivity index is 1.66. The Kier molecular flexibility index (Phi) is 4.51. The van der Waals surface area contributed by atoms with E-state index in [-0.39, 0.29) is 18.9 Å². The average Bonchev–Trinajstić information content (AvgIpc) is 2.88. The number of para-hydroxylation sites is 2. The molecular weight excluding hydrogens is 324 g/mol. The number of nitrogens with one attached hydrogen (secondary N) is 2. The zero-order chi connectivity index (χ0) is 17.8. The SMILES string of the molecule is NC(=O)Nc1cccc(NC(=O)CCn2c(=O)oc3ccccc32)c1. The van der Waals surface area contributed by atoms with Crippen LogP contribution >= 0.6 is 0 Å². The molecule has 0 aliphatic rings. The van der Waals surface area contributed by atoms with Crippen LogP contribution in [-0.2, 0) is 11.3 Å². The Morgan fingerprint density at radius 1 is 1.04 bits per heavy atom. The molecule has 128 valence electrons. The Morgan fingerprint density at radius 2 is 1.76 bits per heavy atom. The summed E-state index contributed by atoms with van der Waals surface area (Å²) < 4.78 is 6.54. The van der Waals surface area contributed by atoms with Gasteiger partial charge in [-0.05, 0) is 30.3 Å². The molecule has 1 aromatic heterocycles. The number of carbonyl (C=O) groups is 2. The smallest absolute Gasteiger partial charge is 0.408 e. The predicted molar refractivity (Wildman–Crippen MR) is 93.4 cm³/mol. The molecule has 1 heterocycles. The Hall–Kier alpha value is -3.55. The van der Waals surface area contributed by atoms with Crippen molar-refractivity contribution in [1.82, 2.24) is 4.57 Å². The van der Waals surface area contributed by atoms with Crippen molar-refractivity contribution < 1.29 is 14.0 Å². The van der Waals surface area contributed by atoms with Gasteiger partial charge in [0.25, 0.3) is 0 Å². The van der Waals surface area contributed by atoms with Gasteiger partial charge in [-0.1, -0.05) is 18.2 Å². The molecule has 0 radical (unpaired) electrons. The highest BCUT2D eigenvalue weighted by Crippen LogP contribution is 2.16. The highest BCUT2D eigenvalue weighted by Gasteiger charge is 2.10. The molecule has 0 saturated heterocycles. The Bertz CT molecular complexity index is 989. The van der Waals surface area contributed by atoms with E-state index in [1.165, 1.54) is 4.57 Å². The molecule has 2 aromatic carbocycles. The number of primary amides is 1. The van der Waals surface area contributed by atoms with Crippen molar-refractivity contribution in [2.24, 2.45) is 5.73 Å². The zero-order valence-electron chi connectivity index (χ0n) is 13.2. The minimum atomic E-state index is -0.685. The van der Waals surface area contributed by atoms with Gasteiger partial charge in [0, 0.05) is 24.3 Å². The van der Waals surface area contributed by atoms with E-state index >= 15 is 0 Å². The third-order valence-corrected chi connectivity index (χ3v) is 3.55. The molecule has 0 fully saturated rings. The van der Waals surface area contributed by atoms with Crippen molar-refractivity contribution in [1.29, 1.82) is 0 Å². The van der Waals surface area contributed by atoms with Gasteiger partial charge in [-0.3, -0.25) is 9.36 Å². The van der Waals surface area contributed by atoms with Crippen LogP contribution in [0.3, 0.4) is 0 Å². The normalized spacial score (nSPS) is 10.6. The molecule has 0 aliphatic heterocycles. The number of nitrogens with two attached hydrogens (primary N) is 1. The molecule has 3 rings (SSSR count). The second-order valence-corrected chi connectivity index (χ2v) is 5.36. The fraction of sp³-hybridized carbons (Fsp3) is 0.118. The first-order chi connectivity index (χ1) is 12.0. The summed E-state index contributed by atoms with van der Waals surface area (Å²) in [6, 6.07) is 12.9. The molecule has 0 spiro atoms.